The fourth-order valence-corrected chi connectivity index (χ4v) is 2.97. The van der Waals surface area contributed by atoms with Crippen LogP contribution in [0.2, 0.25) is 0 Å². The summed E-state index contributed by atoms with van der Waals surface area (Å²) in [6.45, 7) is 2.57. The summed E-state index contributed by atoms with van der Waals surface area (Å²) in [7, 11) is 0. The first-order valence-corrected chi connectivity index (χ1v) is 6.15. The maximum atomic E-state index is 10.8. The maximum absolute atomic E-state index is 10.8. The monoisotopic (exact) mass is 262 g/mol. The Hall–Kier alpha value is -0.830. The second-order valence-corrected chi connectivity index (χ2v) is 4.90. The van der Waals surface area contributed by atoms with Crippen molar-refractivity contribution in [2.24, 2.45) is 4.99 Å². The third-order valence-electron chi connectivity index (χ3n) is 2.64. The number of hydrogen-bond donors (Lipinski definition) is 4. The van der Waals surface area contributed by atoms with E-state index in [4.69, 9.17) is 9.84 Å². The van der Waals surface area contributed by atoms with Gasteiger partial charge in [-0.3, -0.25) is 4.99 Å². The van der Waals surface area contributed by atoms with Crippen LogP contribution in [0.5, 0.6) is 0 Å². The molecule has 0 spiro atoms. The molecule has 5 atom stereocenters. The number of amidine groups is 1. The summed E-state index contributed by atoms with van der Waals surface area (Å²) in [6.07, 6.45) is -4.09. The van der Waals surface area contributed by atoms with Crippen molar-refractivity contribution >= 4 is 22.9 Å². The Balaban J connectivity index is 2.12. The van der Waals surface area contributed by atoms with Crippen LogP contribution in [0.3, 0.4) is 0 Å². The van der Waals surface area contributed by atoms with Crippen molar-refractivity contribution in [2.75, 3.05) is 6.54 Å². The average Bonchev–Trinajstić information content (AvgIpc) is 2.66. The van der Waals surface area contributed by atoms with Gasteiger partial charge in [-0.2, -0.15) is 0 Å². The van der Waals surface area contributed by atoms with Gasteiger partial charge in [-0.15, -0.1) is 0 Å². The smallest absolute Gasteiger partial charge is 0.335 e. The lowest BCUT2D eigenvalue weighted by atomic mass is 9.98. The number of carbonyl (C=O) groups is 1. The number of carboxylic acid groups (broad SMARTS) is 1. The fraction of sp³-hybridized carbons (Fsp3) is 0.778. The molecular formula is C9H14N2O5S. The normalized spacial score (nSPS) is 40.6. The number of fused-ring (bicyclic) bond motifs is 1. The van der Waals surface area contributed by atoms with Gasteiger partial charge in [0.25, 0.3) is 0 Å². The molecule has 17 heavy (non-hydrogen) atoms. The highest BCUT2D eigenvalue weighted by Gasteiger charge is 2.50. The molecule has 0 radical (unpaired) electrons. The molecule has 0 aromatic heterocycles. The summed E-state index contributed by atoms with van der Waals surface area (Å²) in [5, 5.41) is 31.9. The van der Waals surface area contributed by atoms with Crippen LogP contribution in [0, 0.1) is 0 Å². The van der Waals surface area contributed by atoms with E-state index >= 15 is 0 Å². The zero-order valence-corrected chi connectivity index (χ0v) is 9.92. The molecule has 8 heteroatoms. The van der Waals surface area contributed by atoms with E-state index in [0.29, 0.717) is 11.7 Å². The fourth-order valence-electron chi connectivity index (χ4n) is 1.80. The highest BCUT2D eigenvalue weighted by Crippen LogP contribution is 2.35. The first-order valence-electron chi connectivity index (χ1n) is 5.27. The number of aliphatic imine (C=N–C) groups is 1. The van der Waals surface area contributed by atoms with Crippen LogP contribution in [0.25, 0.3) is 0 Å². The van der Waals surface area contributed by atoms with Crippen molar-refractivity contribution in [2.45, 2.75) is 36.7 Å². The molecular weight excluding hydrogens is 248 g/mol. The highest BCUT2D eigenvalue weighted by molar-refractivity contribution is 8.14. The number of carboxylic acids is 1. The van der Waals surface area contributed by atoms with E-state index in [1.807, 2.05) is 6.92 Å². The van der Waals surface area contributed by atoms with Crippen LogP contribution in [0.4, 0.5) is 0 Å². The minimum Gasteiger partial charge on any atom is -0.479 e. The molecule has 0 aromatic rings. The summed E-state index contributed by atoms with van der Waals surface area (Å²) >= 11 is 1.23. The summed E-state index contributed by atoms with van der Waals surface area (Å²) in [4.78, 5) is 15.0. The van der Waals surface area contributed by atoms with Crippen LogP contribution in [0.15, 0.2) is 4.99 Å². The number of nitrogens with zero attached hydrogens (tertiary/aromatic N) is 1. The molecule has 2 aliphatic rings. The van der Waals surface area contributed by atoms with Gasteiger partial charge < -0.3 is 25.4 Å². The van der Waals surface area contributed by atoms with Crippen molar-refractivity contribution in [3.63, 3.8) is 0 Å². The van der Waals surface area contributed by atoms with E-state index in [0.717, 1.165) is 0 Å². The third kappa shape index (κ3) is 2.25. The van der Waals surface area contributed by atoms with Crippen LogP contribution >= 0.6 is 11.8 Å². The number of aliphatic hydroxyl groups excluding tert-OH is 2. The summed E-state index contributed by atoms with van der Waals surface area (Å²) in [5.74, 6) is -1.28. The number of aliphatic hydroxyl groups is 2. The number of aliphatic carboxylic acids is 1. The van der Waals surface area contributed by atoms with Gasteiger partial charge in [-0.25, -0.2) is 4.79 Å². The van der Waals surface area contributed by atoms with Crippen LogP contribution in [0.1, 0.15) is 6.92 Å². The lowest BCUT2D eigenvalue weighted by Gasteiger charge is -2.36. The van der Waals surface area contributed by atoms with E-state index in [9.17, 15) is 15.0 Å². The minimum absolute atomic E-state index is 0.566. The average molecular weight is 262 g/mol. The van der Waals surface area contributed by atoms with Crippen LogP contribution in [-0.2, 0) is 9.53 Å². The summed E-state index contributed by atoms with van der Waals surface area (Å²) in [6, 6.07) is -0.625. The Bertz CT molecular complexity index is 350. The van der Waals surface area contributed by atoms with Gasteiger partial charge in [0, 0.05) is 6.54 Å². The van der Waals surface area contributed by atoms with Gasteiger partial charge in [-0.05, 0) is 6.92 Å². The van der Waals surface area contributed by atoms with Gasteiger partial charge >= 0.3 is 5.97 Å². The van der Waals surface area contributed by atoms with Crippen molar-refractivity contribution in [3.05, 3.63) is 0 Å². The topological polar surface area (TPSA) is 111 Å². The number of ether oxygens (including phenoxy) is 1. The van der Waals surface area contributed by atoms with Crippen molar-refractivity contribution in [3.8, 4) is 0 Å². The van der Waals surface area contributed by atoms with Gasteiger partial charge in [0.15, 0.2) is 11.3 Å². The molecule has 1 fully saturated rings. The third-order valence-corrected chi connectivity index (χ3v) is 3.73. The molecule has 2 rings (SSSR count). The number of rotatable bonds is 2. The molecule has 0 amide bonds. The molecule has 0 unspecified atom stereocenters. The Kier molecular flexibility index (Phi) is 3.57. The Morgan fingerprint density at radius 2 is 2.24 bits per heavy atom. The van der Waals surface area contributed by atoms with Crippen molar-refractivity contribution in [1.29, 1.82) is 0 Å². The second kappa shape index (κ2) is 4.81. The minimum atomic E-state index is -1.46. The molecule has 0 aliphatic carbocycles. The zero-order valence-electron chi connectivity index (χ0n) is 9.11. The van der Waals surface area contributed by atoms with E-state index in [2.05, 4.69) is 10.3 Å². The van der Waals surface area contributed by atoms with Crippen molar-refractivity contribution in [1.82, 2.24) is 5.32 Å². The van der Waals surface area contributed by atoms with E-state index < -0.39 is 35.8 Å². The molecule has 0 saturated carbocycles. The standard InChI is InChI=1S/C9H14N2O5S/c1-2-10-9-11-3-4(12)5(13)6(7(14)15)16-8(3)17-9/h3-6,8,12-13H,2H2,1H3,(H,10,11)(H,14,15)/t3-,4+,5-,6-,8-/m0/s1. The molecule has 96 valence electrons. The molecule has 2 aliphatic heterocycles. The highest BCUT2D eigenvalue weighted by atomic mass is 32.2. The van der Waals surface area contributed by atoms with Gasteiger partial charge in [-0.1, -0.05) is 11.8 Å². The summed E-state index contributed by atoms with van der Waals surface area (Å²) < 4.78 is 5.23. The van der Waals surface area contributed by atoms with Gasteiger partial charge in [0.2, 0.25) is 0 Å². The number of nitrogens with one attached hydrogen (secondary N) is 1. The Morgan fingerprint density at radius 1 is 1.53 bits per heavy atom. The van der Waals surface area contributed by atoms with Gasteiger partial charge in [0.1, 0.15) is 23.7 Å². The van der Waals surface area contributed by atoms with E-state index in [1.54, 1.807) is 0 Å². The first-order chi connectivity index (χ1) is 8.04. The number of thioether (sulfide) groups is 1. The maximum Gasteiger partial charge on any atom is 0.335 e. The van der Waals surface area contributed by atoms with Crippen LogP contribution < -0.4 is 5.32 Å². The zero-order chi connectivity index (χ0) is 12.6. The Morgan fingerprint density at radius 3 is 2.82 bits per heavy atom. The summed E-state index contributed by atoms with van der Waals surface area (Å²) in [5.41, 5.74) is -0.566. The lowest BCUT2D eigenvalue weighted by Crippen LogP contribution is -2.57. The Labute approximate surface area is 102 Å². The van der Waals surface area contributed by atoms with Gasteiger partial charge in [0.05, 0.1) is 0 Å². The quantitative estimate of drug-likeness (QED) is 0.484. The van der Waals surface area contributed by atoms with Crippen molar-refractivity contribution < 1.29 is 24.9 Å². The molecule has 0 bridgehead atoms. The first kappa shape index (κ1) is 12.6. The molecule has 1 saturated heterocycles. The predicted octanol–water partition coefficient (Wildman–Crippen LogP) is -1.40. The van der Waals surface area contributed by atoms with E-state index in [1.165, 1.54) is 11.8 Å². The molecule has 2 heterocycles. The van der Waals surface area contributed by atoms with E-state index in [-0.39, 0.29) is 0 Å². The van der Waals surface area contributed by atoms with Crippen LogP contribution in [-0.4, -0.2) is 62.8 Å². The molecule has 4 N–H and O–H groups in total. The largest absolute Gasteiger partial charge is 0.479 e. The number of hydrogen-bond acceptors (Lipinski definition) is 7. The second-order valence-electron chi connectivity index (χ2n) is 3.82. The SMILES string of the molecule is CCNC1=N[C@H]2[C@@H](O)[C@H](O)[C@@H](C(=O)O)O[C@H]2S1. The molecule has 0 aromatic carbocycles. The lowest BCUT2D eigenvalue weighted by molar-refractivity contribution is -0.184. The predicted molar refractivity (Wildman–Crippen MR) is 60.8 cm³/mol. The molecule has 7 nitrogen and oxygen atoms in total.